The molecule has 1 aliphatic rings. The predicted molar refractivity (Wildman–Crippen MR) is 120 cm³/mol. The van der Waals surface area contributed by atoms with Gasteiger partial charge in [-0.2, -0.15) is 18.3 Å². The molecule has 1 N–H and O–H groups in total. The lowest BCUT2D eigenvalue weighted by Crippen LogP contribution is -2.49. The molecule has 1 saturated heterocycles. The third-order valence-corrected chi connectivity index (χ3v) is 5.88. The second kappa shape index (κ2) is 9.26. The third-order valence-electron chi connectivity index (χ3n) is 5.57. The Kier molecular flexibility index (Phi) is 6.41. The van der Waals surface area contributed by atoms with Crippen molar-refractivity contribution in [3.8, 4) is 17.1 Å². The summed E-state index contributed by atoms with van der Waals surface area (Å²) in [6.45, 7) is 1.70. The van der Waals surface area contributed by atoms with Crippen molar-refractivity contribution in [1.29, 1.82) is 0 Å². The summed E-state index contributed by atoms with van der Waals surface area (Å²) < 4.78 is 46.2. The molecule has 2 heterocycles. The van der Waals surface area contributed by atoms with E-state index in [1.807, 2.05) is 17.0 Å². The number of rotatable bonds is 5. The van der Waals surface area contributed by atoms with Gasteiger partial charge in [-0.25, -0.2) is 0 Å². The van der Waals surface area contributed by atoms with Crippen LogP contribution in [0.1, 0.15) is 5.56 Å². The zero-order valence-electron chi connectivity index (χ0n) is 17.8. The van der Waals surface area contributed by atoms with Crippen LogP contribution in [0.3, 0.4) is 0 Å². The quantitative estimate of drug-likeness (QED) is 0.563. The zero-order chi connectivity index (χ0) is 23.6. The Morgan fingerprint density at radius 2 is 1.82 bits per heavy atom. The number of carbonyl (C=O) groups excluding carboxylic acids is 1. The number of piperazine rings is 1. The topological polar surface area (TPSA) is 66.4 Å². The Morgan fingerprint density at radius 1 is 1.12 bits per heavy atom. The largest absolute Gasteiger partial charge is 0.497 e. The van der Waals surface area contributed by atoms with Crippen molar-refractivity contribution in [3.05, 3.63) is 58.9 Å². The Morgan fingerprint density at radius 3 is 2.45 bits per heavy atom. The first-order valence-corrected chi connectivity index (χ1v) is 10.7. The fourth-order valence-electron chi connectivity index (χ4n) is 3.75. The number of H-pyrrole nitrogens is 1. The van der Waals surface area contributed by atoms with E-state index in [1.165, 1.54) is 6.07 Å². The number of ether oxygens (including phenoxy) is 1. The third kappa shape index (κ3) is 5.03. The van der Waals surface area contributed by atoms with Gasteiger partial charge in [-0.1, -0.05) is 6.07 Å². The van der Waals surface area contributed by atoms with Crippen LogP contribution < -0.4 is 9.64 Å². The van der Waals surface area contributed by atoms with E-state index in [9.17, 15) is 18.0 Å². The maximum atomic E-state index is 13.0. The number of amides is 1. The van der Waals surface area contributed by atoms with E-state index >= 15 is 0 Å². The van der Waals surface area contributed by atoms with Gasteiger partial charge in [0.25, 0.3) is 0 Å². The molecule has 2 aromatic carbocycles. The molecule has 1 fully saturated rings. The molecular formula is C22H22F3N5O2S. The number of aromatic amines is 1. The lowest BCUT2D eigenvalue weighted by Gasteiger charge is -2.36. The van der Waals surface area contributed by atoms with Crippen molar-refractivity contribution in [2.24, 2.45) is 0 Å². The van der Waals surface area contributed by atoms with Gasteiger partial charge in [0.15, 0.2) is 10.6 Å². The second-order valence-electron chi connectivity index (χ2n) is 7.58. The smallest absolute Gasteiger partial charge is 0.416 e. The Bertz CT molecular complexity index is 1180. The summed E-state index contributed by atoms with van der Waals surface area (Å²) in [6.07, 6.45) is -4.39. The summed E-state index contributed by atoms with van der Waals surface area (Å²) in [5, 5.41) is 6.99. The van der Waals surface area contributed by atoms with Crippen molar-refractivity contribution in [2.45, 2.75) is 12.7 Å². The summed E-state index contributed by atoms with van der Waals surface area (Å²) >= 11 is 5.32. The van der Waals surface area contributed by atoms with Gasteiger partial charge in [0, 0.05) is 37.4 Å². The molecule has 1 amide bonds. The van der Waals surface area contributed by atoms with Gasteiger partial charge in [0.2, 0.25) is 5.91 Å². The summed E-state index contributed by atoms with van der Waals surface area (Å²) in [4.78, 5) is 16.5. The number of hydrogen-bond acceptors (Lipinski definition) is 5. The summed E-state index contributed by atoms with van der Waals surface area (Å²) in [7, 11) is 1.58. The van der Waals surface area contributed by atoms with Crippen LogP contribution in [-0.4, -0.2) is 58.9 Å². The highest BCUT2D eigenvalue weighted by molar-refractivity contribution is 7.71. The summed E-state index contributed by atoms with van der Waals surface area (Å²) in [5.74, 6) is 1.11. The summed E-state index contributed by atoms with van der Waals surface area (Å²) in [5.41, 5.74) is 0.597. The van der Waals surface area contributed by atoms with Crippen LogP contribution in [0.15, 0.2) is 48.5 Å². The van der Waals surface area contributed by atoms with E-state index < -0.39 is 11.7 Å². The Labute approximate surface area is 193 Å². The molecule has 1 aliphatic heterocycles. The lowest BCUT2D eigenvalue weighted by molar-refractivity contribution is -0.137. The molecule has 11 heteroatoms. The number of anilines is 1. The fourth-order valence-corrected chi connectivity index (χ4v) is 3.95. The van der Waals surface area contributed by atoms with Crippen LogP contribution in [0.4, 0.5) is 18.9 Å². The zero-order valence-corrected chi connectivity index (χ0v) is 18.6. The Hall–Kier alpha value is -3.34. The molecule has 0 spiro atoms. The van der Waals surface area contributed by atoms with Gasteiger partial charge in [-0.15, -0.1) is 0 Å². The fraction of sp³-hybridized carbons (Fsp3) is 0.318. The molecule has 7 nitrogen and oxygen atoms in total. The van der Waals surface area contributed by atoms with Crippen LogP contribution in [0, 0.1) is 4.77 Å². The number of carbonyl (C=O) groups is 1. The number of benzene rings is 2. The molecule has 33 heavy (non-hydrogen) atoms. The van der Waals surface area contributed by atoms with E-state index in [1.54, 1.807) is 34.8 Å². The SMILES string of the molecule is COc1ccc(-c2n[nH]c(=S)n2CC(=O)N2CCN(c3cccc(C(F)(F)F)c3)CC2)cc1. The highest BCUT2D eigenvalue weighted by Gasteiger charge is 2.31. The first-order valence-electron chi connectivity index (χ1n) is 10.3. The van der Waals surface area contributed by atoms with E-state index in [-0.39, 0.29) is 12.5 Å². The van der Waals surface area contributed by atoms with Crippen LogP contribution in [0.25, 0.3) is 11.4 Å². The van der Waals surface area contributed by atoms with Crippen LogP contribution in [-0.2, 0) is 17.5 Å². The molecule has 174 valence electrons. The number of alkyl halides is 3. The van der Waals surface area contributed by atoms with Gasteiger partial charge >= 0.3 is 6.18 Å². The van der Waals surface area contributed by atoms with Gasteiger partial charge in [-0.05, 0) is 54.7 Å². The minimum atomic E-state index is -4.39. The molecule has 0 aliphatic carbocycles. The number of aromatic nitrogens is 3. The van der Waals surface area contributed by atoms with Crippen molar-refractivity contribution in [2.75, 3.05) is 38.2 Å². The first-order chi connectivity index (χ1) is 15.8. The average Bonchev–Trinajstić information content (AvgIpc) is 3.18. The molecule has 0 radical (unpaired) electrons. The minimum Gasteiger partial charge on any atom is -0.497 e. The minimum absolute atomic E-state index is 0.0141. The predicted octanol–water partition coefficient (Wildman–Crippen LogP) is 3.98. The monoisotopic (exact) mass is 477 g/mol. The van der Waals surface area contributed by atoms with Crippen LogP contribution in [0.5, 0.6) is 5.75 Å². The molecule has 3 aromatic rings. The van der Waals surface area contributed by atoms with Crippen molar-refractivity contribution < 1.29 is 22.7 Å². The average molecular weight is 478 g/mol. The van der Waals surface area contributed by atoms with Crippen molar-refractivity contribution in [1.82, 2.24) is 19.7 Å². The van der Waals surface area contributed by atoms with Gasteiger partial charge in [0.1, 0.15) is 12.3 Å². The van der Waals surface area contributed by atoms with E-state index in [2.05, 4.69) is 10.2 Å². The number of nitrogens with one attached hydrogen (secondary N) is 1. The molecule has 0 saturated carbocycles. The molecule has 0 unspecified atom stereocenters. The summed E-state index contributed by atoms with van der Waals surface area (Å²) in [6, 6.07) is 12.5. The molecule has 0 atom stereocenters. The number of halogens is 3. The van der Waals surface area contributed by atoms with E-state index in [4.69, 9.17) is 17.0 Å². The normalized spacial score (nSPS) is 14.4. The van der Waals surface area contributed by atoms with Gasteiger partial charge in [0.05, 0.1) is 12.7 Å². The lowest BCUT2D eigenvalue weighted by atomic mass is 10.1. The van der Waals surface area contributed by atoms with E-state index in [0.717, 1.165) is 17.7 Å². The highest BCUT2D eigenvalue weighted by Crippen LogP contribution is 2.32. The standard InChI is InChI=1S/C22H22F3N5O2S/c1-32-18-7-5-15(6-8-18)20-26-27-21(33)30(20)14-19(31)29-11-9-28(10-12-29)17-4-2-3-16(13-17)22(23,24)25/h2-8,13H,9-12,14H2,1H3,(H,27,33). The van der Waals surface area contributed by atoms with Gasteiger partial charge < -0.3 is 14.5 Å². The molecule has 0 bridgehead atoms. The van der Waals surface area contributed by atoms with Crippen molar-refractivity contribution in [3.63, 3.8) is 0 Å². The van der Waals surface area contributed by atoms with E-state index in [0.29, 0.717) is 48.2 Å². The maximum absolute atomic E-state index is 13.0. The Balaban J connectivity index is 1.42. The number of nitrogens with zero attached hydrogens (tertiary/aromatic N) is 4. The number of methoxy groups -OCH3 is 1. The molecule has 1 aromatic heterocycles. The number of hydrogen-bond donors (Lipinski definition) is 1. The first kappa shape index (κ1) is 22.8. The molecule has 4 rings (SSSR count). The van der Waals surface area contributed by atoms with Crippen molar-refractivity contribution >= 4 is 23.8 Å². The van der Waals surface area contributed by atoms with Crippen LogP contribution >= 0.6 is 12.2 Å². The second-order valence-corrected chi connectivity index (χ2v) is 7.97. The van der Waals surface area contributed by atoms with Gasteiger partial charge in [-0.3, -0.25) is 14.5 Å². The molecular weight excluding hydrogens is 455 g/mol. The van der Waals surface area contributed by atoms with Crippen LogP contribution in [0.2, 0.25) is 0 Å². The highest BCUT2D eigenvalue weighted by atomic mass is 32.1. The maximum Gasteiger partial charge on any atom is 0.416 e.